The molecule has 0 aliphatic carbocycles. The summed E-state index contributed by atoms with van der Waals surface area (Å²) < 4.78 is 4.87. The largest absolute Gasteiger partial charge is 0.471 e. The van der Waals surface area contributed by atoms with Crippen molar-refractivity contribution < 1.29 is 9.53 Å². The van der Waals surface area contributed by atoms with Gasteiger partial charge in [-0.25, -0.2) is 4.85 Å². The summed E-state index contributed by atoms with van der Waals surface area (Å²) in [4.78, 5) is 14.9. The normalized spacial score (nSPS) is 11.4. The second-order valence-electron chi connectivity index (χ2n) is 3.62. The van der Waals surface area contributed by atoms with E-state index in [1.807, 2.05) is 31.2 Å². The van der Waals surface area contributed by atoms with Crippen molar-refractivity contribution >= 4 is 11.5 Å². The highest BCUT2D eigenvalue weighted by molar-refractivity contribution is 5.99. The number of rotatable bonds is 3. The molecule has 0 saturated heterocycles. The van der Waals surface area contributed by atoms with Crippen LogP contribution < -0.4 is 0 Å². The first-order valence-corrected chi connectivity index (χ1v) is 5.43. The van der Waals surface area contributed by atoms with Crippen molar-refractivity contribution in [3.05, 3.63) is 52.5 Å². The Kier molecular flexibility index (Phi) is 4.47. The summed E-state index contributed by atoms with van der Waals surface area (Å²) in [6, 6.07) is 7.66. The SMILES string of the molecule is [C-]#[N+]C(C(=O)OCC)=C(C)c1ccccc1C. The van der Waals surface area contributed by atoms with Crippen LogP contribution in [0.15, 0.2) is 30.0 Å². The molecule has 17 heavy (non-hydrogen) atoms. The van der Waals surface area contributed by atoms with Gasteiger partial charge in [-0.2, -0.15) is 0 Å². The van der Waals surface area contributed by atoms with Crippen LogP contribution in [0.25, 0.3) is 10.4 Å². The predicted octanol–water partition coefficient (Wildman–Crippen LogP) is 3.21. The lowest BCUT2D eigenvalue weighted by Crippen LogP contribution is -2.07. The fourth-order valence-corrected chi connectivity index (χ4v) is 1.60. The van der Waals surface area contributed by atoms with Crippen molar-refractivity contribution in [1.82, 2.24) is 0 Å². The number of hydrogen-bond acceptors (Lipinski definition) is 2. The van der Waals surface area contributed by atoms with E-state index in [2.05, 4.69) is 4.85 Å². The van der Waals surface area contributed by atoms with Gasteiger partial charge < -0.3 is 4.74 Å². The molecule has 0 aliphatic rings. The van der Waals surface area contributed by atoms with Crippen molar-refractivity contribution in [2.45, 2.75) is 20.8 Å². The van der Waals surface area contributed by atoms with E-state index in [1.54, 1.807) is 13.8 Å². The summed E-state index contributed by atoms with van der Waals surface area (Å²) in [7, 11) is 0. The van der Waals surface area contributed by atoms with Crippen LogP contribution in [0.2, 0.25) is 0 Å². The van der Waals surface area contributed by atoms with Gasteiger partial charge in [-0.3, -0.25) is 4.79 Å². The molecule has 1 aromatic carbocycles. The molecule has 0 N–H and O–H groups in total. The van der Waals surface area contributed by atoms with Crippen molar-refractivity contribution in [1.29, 1.82) is 0 Å². The second-order valence-corrected chi connectivity index (χ2v) is 3.62. The summed E-state index contributed by atoms with van der Waals surface area (Å²) in [5.74, 6) is -0.553. The number of hydrogen-bond donors (Lipinski definition) is 0. The van der Waals surface area contributed by atoms with Crippen LogP contribution in [0.1, 0.15) is 25.0 Å². The van der Waals surface area contributed by atoms with E-state index in [1.165, 1.54) is 0 Å². The zero-order chi connectivity index (χ0) is 12.8. The Morgan fingerprint density at radius 3 is 2.59 bits per heavy atom. The third-order valence-electron chi connectivity index (χ3n) is 2.48. The number of benzene rings is 1. The van der Waals surface area contributed by atoms with Crippen LogP contribution in [-0.2, 0) is 9.53 Å². The van der Waals surface area contributed by atoms with Crippen molar-refractivity contribution in [2.24, 2.45) is 0 Å². The zero-order valence-corrected chi connectivity index (χ0v) is 10.3. The topological polar surface area (TPSA) is 30.7 Å². The quantitative estimate of drug-likeness (QED) is 0.452. The Morgan fingerprint density at radius 1 is 1.41 bits per heavy atom. The maximum atomic E-state index is 11.6. The average Bonchev–Trinajstić information content (AvgIpc) is 2.30. The fraction of sp³-hybridized carbons (Fsp3) is 0.286. The molecular formula is C14H15NO2. The lowest BCUT2D eigenvalue weighted by Gasteiger charge is -2.08. The predicted molar refractivity (Wildman–Crippen MR) is 67.0 cm³/mol. The Balaban J connectivity index is 3.24. The monoisotopic (exact) mass is 229 g/mol. The molecule has 0 aromatic heterocycles. The van der Waals surface area contributed by atoms with Crippen molar-refractivity contribution in [3.63, 3.8) is 0 Å². The molecular weight excluding hydrogens is 214 g/mol. The molecule has 1 aromatic rings. The Hall–Kier alpha value is -2.08. The number of nitrogens with zero attached hydrogens (tertiary/aromatic N) is 1. The standard InChI is InChI=1S/C14H15NO2/c1-5-17-14(16)13(15-4)11(3)12-9-7-6-8-10(12)2/h6-9H,5H2,1-3H3. The van der Waals surface area contributed by atoms with Gasteiger partial charge in [0.25, 0.3) is 5.70 Å². The van der Waals surface area contributed by atoms with E-state index in [0.29, 0.717) is 5.57 Å². The van der Waals surface area contributed by atoms with Crippen LogP contribution in [-0.4, -0.2) is 12.6 Å². The first kappa shape index (κ1) is 13.0. The summed E-state index contributed by atoms with van der Waals surface area (Å²) in [6.45, 7) is 12.8. The maximum Gasteiger partial charge on any atom is 0.336 e. The Morgan fingerprint density at radius 2 is 2.06 bits per heavy atom. The Bertz CT molecular complexity index is 495. The van der Waals surface area contributed by atoms with Gasteiger partial charge >= 0.3 is 5.97 Å². The van der Waals surface area contributed by atoms with Crippen LogP contribution in [0.4, 0.5) is 0 Å². The van der Waals surface area contributed by atoms with E-state index in [-0.39, 0.29) is 12.3 Å². The minimum Gasteiger partial charge on any atom is -0.471 e. The highest BCUT2D eigenvalue weighted by atomic mass is 16.5. The number of ether oxygens (including phenoxy) is 1. The van der Waals surface area contributed by atoms with Crippen molar-refractivity contribution in [2.75, 3.05) is 6.61 Å². The molecule has 0 atom stereocenters. The number of allylic oxidation sites excluding steroid dienone is 1. The number of esters is 1. The second kappa shape index (κ2) is 5.86. The molecule has 0 aliphatic heterocycles. The summed E-state index contributed by atoms with van der Waals surface area (Å²) in [5.41, 5.74) is 2.67. The van der Waals surface area contributed by atoms with Gasteiger partial charge in [-0.1, -0.05) is 24.3 Å². The fourth-order valence-electron chi connectivity index (χ4n) is 1.60. The maximum absolute atomic E-state index is 11.6. The van der Waals surface area contributed by atoms with Gasteiger partial charge in [0, 0.05) is 0 Å². The average molecular weight is 229 g/mol. The number of carbonyl (C=O) groups excluding carboxylic acids is 1. The summed E-state index contributed by atoms with van der Waals surface area (Å²) in [5, 5.41) is 0. The molecule has 0 heterocycles. The zero-order valence-electron chi connectivity index (χ0n) is 10.3. The van der Waals surface area contributed by atoms with Gasteiger partial charge in [0.15, 0.2) is 0 Å². The molecule has 88 valence electrons. The van der Waals surface area contributed by atoms with Crippen molar-refractivity contribution in [3.8, 4) is 0 Å². The highest BCUT2D eigenvalue weighted by Gasteiger charge is 2.16. The summed E-state index contributed by atoms with van der Waals surface area (Å²) in [6.07, 6.45) is 0. The Labute approximate surface area is 102 Å². The third kappa shape index (κ3) is 2.94. The molecule has 3 nitrogen and oxygen atoms in total. The van der Waals surface area contributed by atoms with Gasteiger partial charge in [0.1, 0.15) is 0 Å². The molecule has 0 fully saturated rings. The van der Waals surface area contributed by atoms with E-state index in [0.717, 1.165) is 11.1 Å². The molecule has 0 radical (unpaired) electrons. The molecule has 3 heteroatoms. The van der Waals surface area contributed by atoms with Crippen LogP contribution in [0.3, 0.4) is 0 Å². The van der Waals surface area contributed by atoms with Crippen LogP contribution in [0.5, 0.6) is 0 Å². The van der Waals surface area contributed by atoms with E-state index < -0.39 is 5.97 Å². The molecule has 0 amide bonds. The van der Waals surface area contributed by atoms with Gasteiger partial charge in [0.05, 0.1) is 13.2 Å². The molecule has 0 spiro atoms. The minimum atomic E-state index is -0.553. The molecule has 0 saturated carbocycles. The van der Waals surface area contributed by atoms with Gasteiger partial charge in [-0.05, 0) is 37.5 Å². The first-order valence-electron chi connectivity index (χ1n) is 5.43. The lowest BCUT2D eigenvalue weighted by atomic mass is 10.0. The number of carbonyl (C=O) groups is 1. The summed E-state index contributed by atoms with van der Waals surface area (Å²) >= 11 is 0. The third-order valence-corrected chi connectivity index (χ3v) is 2.48. The minimum absolute atomic E-state index is 0.0566. The van der Waals surface area contributed by atoms with Gasteiger partial charge in [0.2, 0.25) is 0 Å². The van der Waals surface area contributed by atoms with Crippen LogP contribution >= 0.6 is 0 Å². The highest BCUT2D eigenvalue weighted by Crippen LogP contribution is 2.23. The lowest BCUT2D eigenvalue weighted by molar-refractivity contribution is -0.138. The van der Waals surface area contributed by atoms with Crippen LogP contribution in [0, 0.1) is 13.5 Å². The molecule has 1 rings (SSSR count). The van der Waals surface area contributed by atoms with E-state index in [4.69, 9.17) is 11.3 Å². The molecule has 0 unspecified atom stereocenters. The smallest absolute Gasteiger partial charge is 0.336 e. The van der Waals surface area contributed by atoms with E-state index in [9.17, 15) is 4.79 Å². The number of aryl methyl sites for hydroxylation is 1. The van der Waals surface area contributed by atoms with Gasteiger partial charge in [-0.15, -0.1) is 0 Å². The molecule has 0 bridgehead atoms. The first-order chi connectivity index (χ1) is 8.11. The van der Waals surface area contributed by atoms with E-state index >= 15 is 0 Å².